The summed E-state index contributed by atoms with van der Waals surface area (Å²) in [5.74, 6) is -1.06. The predicted molar refractivity (Wildman–Crippen MR) is 96.2 cm³/mol. The highest BCUT2D eigenvalue weighted by atomic mass is 19.4. The van der Waals surface area contributed by atoms with E-state index in [2.05, 4.69) is 19.9 Å². The van der Waals surface area contributed by atoms with E-state index in [1.807, 2.05) is 0 Å². The number of aliphatic imine (C=N–C) groups is 1. The van der Waals surface area contributed by atoms with Crippen molar-refractivity contribution in [2.75, 3.05) is 5.73 Å². The number of benzene rings is 1. The third-order valence-electron chi connectivity index (χ3n) is 3.71. The maximum Gasteiger partial charge on any atom is 0.417 e. The largest absolute Gasteiger partial charge is 0.417 e. The summed E-state index contributed by atoms with van der Waals surface area (Å²) in [7, 11) is 0. The molecule has 4 N–H and O–H groups in total. The molecule has 2 heterocycles. The number of nitrogens with two attached hydrogens (primary N) is 2. The van der Waals surface area contributed by atoms with E-state index in [-0.39, 0.29) is 34.4 Å². The van der Waals surface area contributed by atoms with Crippen LogP contribution < -0.4 is 11.5 Å². The quantitative estimate of drug-likeness (QED) is 0.404. The highest BCUT2D eigenvalue weighted by Crippen LogP contribution is 2.36. The van der Waals surface area contributed by atoms with E-state index >= 15 is 0 Å². The van der Waals surface area contributed by atoms with Crippen LogP contribution in [0.15, 0.2) is 47.6 Å². The fourth-order valence-electron chi connectivity index (χ4n) is 2.49. The molecule has 0 radical (unpaired) electrons. The van der Waals surface area contributed by atoms with Crippen LogP contribution >= 0.6 is 0 Å². The van der Waals surface area contributed by atoms with Gasteiger partial charge < -0.3 is 11.5 Å². The molecule has 3 rings (SSSR count). The first kappa shape index (κ1) is 19.2. The lowest BCUT2D eigenvalue weighted by Crippen LogP contribution is -2.16. The van der Waals surface area contributed by atoms with Gasteiger partial charge in [0.2, 0.25) is 0 Å². The van der Waals surface area contributed by atoms with Crippen molar-refractivity contribution in [2.45, 2.75) is 13.1 Å². The molecule has 0 aliphatic heterocycles. The van der Waals surface area contributed by atoms with Crippen LogP contribution in [0.3, 0.4) is 0 Å². The number of aromatic nitrogens is 3. The molecular weight excluding hydrogens is 376 g/mol. The molecule has 0 aliphatic rings. The Kier molecular flexibility index (Phi) is 4.95. The van der Waals surface area contributed by atoms with Gasteiger partial charge in [-0.1, -0.05) is 18.2 Å². The second-order valence-electron chi connectivity index (χ2n) is 5.82. The Morgan fingerprint density at radius 1 is 1.11 bits per heavy atom. The smallest absolute Gasteiger partial charge is 0.383 e. The van der Waals surface area contributed by atoms with Crippen molar-refractivity contribution >= 4 is 17.5 Å². The number of aryl methyl sites for hydroxylation is 1. The van der Waals surface area contributed by atoms with Gasteiger partial charge in [0, 0.05) is 17.3 Å². The Bertz CT molecular complexity index is 1060. The molecule has 0 fully saturated rings. The molecule has 0 unspecified atom stereocenters. The molecule has 0 aliphatic carbocycles. The normalized spacial score (nSPS) is 12.2. The first-order valence-corrected chi connectivity index (χ1v) is 7.93. The number of anilines is 1. The molecule has 144 valence electrons. The van der Waals surface area contributed by atoms with Gasteiger partial charge in [-0.15, -0.1) is 0 Å². The number of nitrogens with zero attached hydrogens (tertiary/aromatic N) is 4. The fraction of sp³-hybridized carbons (Fsp3) is 0.111. The van der Waals surface area contributed by atoms with Crippen LogP contribution in [0.1, 0.15) is 16.8 Å². The van der Waals surface area contributed by atoms with Crippen LogP contribution in [-0.4, -0.2) is 20.8 Å². The van der Waals surface area contributed by atoms with Crippen LogP contribution in [0.2, 0.25) is 0 Å². The van der Waals surface area contributed by atoms with Crippen LogP contribution in [0.4, 0.5) is 29.2 Å². The molecule has 10 heteroatoms. The summed E-state index contributed by atoms with van der Waals surface area (Å²) in [4.78, 5) is 15.8. The van der Waals surface area contributed by atoms with E-state index in [0.29, 0.717) is 5.69 Å². The fourth-order valence-corrected chi connectivity index (χ4v) is 2.49. The highest BCUT2D eigenvalue weighted by molar-refractivity contribution is 6.02. The molecule has 0 bridgehead atoms. The summed E-state index contributed by atoms with van der Waals surface area (Å²) in [5, 5.41) is 0. The monoisotopic (exact) mass is 390 g/mol. The van der Waals surface area contributed by atoms with E-state index < -0.39 is 17.6 Å². The zero-order chi connectivity index (χ0) is 20.5. The number of hydrogen-bond acceptors (Lipinski definition) is 5. The van der Waals surface area contributed by atoms with E-state index in [4.69, 9.17) is 11.5 Å². The standard InChI is InChI=1S/C18H14F4N6/c1-9-6-14(27-16(24)12-7-10(19)8-25-15(12)23)28-17(26-9)11-4-2-3-5-13(11)18(20,21)22/h2-8H,1H3,(H2,23,25)(H2,24,26,27,28). The average molecular weight is 390 g/mol. The number of hydrogen-bond donors (Lipinski definition) is 2. The third kappa shape index (κ3) is 4.05. The number of halogens is 4. The number of rotatable bonds is 3. The van der Waals surface area contributed by atoms with Crippen LogP contribution in [0.5, 0.6) is 0 Å². The van der Waals surface area contributed by atoms with Crippen molar-refractivity contribution in [3.63, 3.8) is 0 Å². The summed E-state index contributed by atoms with van der Waals surface area (Å²) in [6.45, 7) is 1.58. The van der Waals surface area contributed by atoms with Gasteiger partial charge in [-0.05, 0) is 19.1 Å². The SMILES string of the molecule is Cc1cc(N=C(N)c2cc(F)cnc2N)nc(-c2ccccc2C(F)(F)F)n1. The Morgan fingerprint density at radius 2 is 1.82 bits per heavy atom. The maximum absolute atomic E-state index is 13.4. The van der Waals surface area contributed by atoms with E-state index in [0.717, 1.165) is 18.3 Å². The first-order valence-electron chi connectivity index (χ1n) is 7.93. The maximum atomic E-state index is 13.4. The van der Waals surface area contributed by atoms with Crippen LogP contribution in [0.25, 0.3) is 11.4 Å². The van der Waals surface area contributed by atoms with Crippen LogP contribution in [0, 0.1) is 12.7 Å². The molecular formula is C18H14F4N6. The minimum Gasteiger partial charge on any atom is -0.383 e. The molecule has 28 heavy (non-hydrogen) atoms. The lowest BCUT2D eigenvalue weighted by atomic mass is 10.1. The summed E-state index contributed by atoms with van der Waals surface area (Å²) < 4.78 is 53.3. The van der Waals surface area contributed by atoms with Crippen molar-refractivity contribution in [2.24, 2.45) is 10.7 Å². The lowest BCUT2D eigenvalue weighted by Gasteiger charge is -2.12. The van der Waals surface area contributed by atoms with Gasteiger partial charge in [0.1, 0.15) is 17.5 Å². The Morgan fingerprint density at radius 3 is 2.54 bits per heavy atom. The molecule has 6 nitrogen and oxygen atoms in total. The number of alkyl halides is 3. The van der Waals surface area contributed by atoms with Gasteiger partial charge in [0.25, 0.3) is 0 Å². The molecule has 3 aromatic rings. The predicted octanol–water partition coefficient (Wildman–Crippen LogP) is 3.62. The Hall–Kier alpha value is -3.56. The van der Waals surface area contributed by atoms with Crippen molar-refractivity contribution in [3.05, 3.63) is 65.2 Å². The molecule has 2 aromatic heterocycles. The van der Waals surface area contributed by atoms with E-state index in [9.17, 15) is 17.6 Å². The number of pyridine rings is 1. The minimum absolute atomic E-state index is 0.000591. The van der Waals surface area contributed by atoms with Crippen molar-refractivity contribution in [3.8, 4) is 11.4 Å². The number of nitrogen functional groups attached to an aromatic ring is 1. The van der Waals surface area contributed by atoms with Crippen LogP contribution in [-0.2, 0) is 6.18 Å². The zero-order valence-electron chi connectivity index (χ0n) is 14.5. The van der Waals surface area contributed by atoms with Crippen molar-refractivity contribution < 1.29 is 17.6 Å². The first-order chi connectivity index (χ1) is 13.1. The molecule has 1 aromatic carbocycles. The van der Waals surface area contributed by atoms with Gasteiger partial charge >= 0.3 is 6.18 Å². The average Bonchev–Trinajstić information content (AvgIpc) is 2.62. The lowest BCUT2D eigenvalue weighted by molar-refractivity contribution is -0.137. The summed E-state index contributed by atoms with van der Waals surface area (Å²) in [6, 6.07) is 7.41. The molecule has 0 saturated heterocycles. The summed E-state index contributed by atoms with van der Waals surface area (Å²) in [6.07, 6.45) is -3.65. The highest BCUT2D eigenvalue weighted by Gasteiger charge is 2.34. The second kappa shape index (κ2) is 7.22. The third-order valence-corrected chi connectivity index (χ3v) is 3.71. The van der Waals surface area contributed by atoms with Gasteiger partial charge in [-0.2, -0.15) is 13.2 Å². The van der Waals surface area contributed by atoms with Gasteiger partial charge in [-0.3, -0.25) is 0 Å². The zero-order valence-corrected chi connectivity index (χ0v) is 14.5. The van der Waals surface area contributed by atoms with Crippen molar-refractivity contribution in [1.29, 1.82) is 0 Å². The summed E-state index contributed by atoms with van der Waals surface area (Å²) in [5.41, 5.74) is 10.9. The summed E-state index contributed by atoms with van der Waals surface area (Å²) >= 11 is 0. The number of amidine groups is 1. The van der Waals surface area contributed by atoms with Gasteiger partial charge in [-0.25, -0.2) is 24.3 Å². The molecule has 0 amide bonds. The minimum atomic E-state index is -4.58. The second-order valence-corrected chi connectivity index (χ2v) is 5.82. The van der Waals surface area contributed by atoms with E-state index in [1.54, 1.807) is 6.92 Å². The molecule has 0 atom stereocenters. The molecule has 0 saturated carbocycles. The Balaban J connectivity index is 2.10. The van der Waals surface area contributed by atoms with Gasteiger partial charge in [0.15, 0.2) is 11.6 Å². The topological polar surface area (TPSA) is 103 Å². The van der Waals surface area contributed by atoms with E-state index in [1.165, 1.54) is 24.3 Å². The van der Waals surface area contributed by atoms with Crippen molar-refractivity contribution in [1.82, 2.24) is 15.0 Å². The Labute approximate surface area is 157 Å². The van der Waals surface area contributed by atoms with Gasteiger partial charge in [0.05, 0.1) is 17.3 Å². The molecule has 0 spiro atoms.